The first-order chi connectivity index (χ1) is 12.3. The molecule has 4 heteroatoms. The summed E-state index contributed by atoms with van der Waals surface area (Å²) in [5, 5.41) is 0.616. The van der Waals surface area contributed by atoms with Crippen molar-refractivity contribution in [2.75, 3.05) is 0 Å². The van der Waals surface area contributed by atoms with Crippen molar-refractivity contribution < 1.29 is 9.47 Å². The minimum Gasteiger partial charge on any atom is -0.465 e. The molecular weight excluding hydrogens is 334 g/mol. The molecule has 124 valence electrons. The SMILES string of the molecule is Clc1cccc(N=C(C=COc2ccccc2)Oc2ccccc2)c1. The second kappa shape index (κ2) is 8.71. The molecule has 0 amide bonds. The van der Waals surface area contributed by atoms with Gasteiger partial charge in [0.15, 0.2) is 0 Å². The second-order valence-electron chi connectivity index (χ2n) is 5.08. The van der Waals surface area contributed by atoms with Gasteiger partial charge in [-0.15, -0.1) is 0 Å². The summed E-state index contributed by atoms with van der Waals surface area (Å²) in [5.41, 5.74) is 0.697. The van der Waals surface area contributed by atoms with E-state index in [1.807, 2.05) is 72.8 Å². The monoisotopic (exact) mass is 349 g/mol. The summed E-state index contributed by atoms with van der Waals surface area (Å²) in [6.07, 6.45) is 3.21. The third-order valence-corrected chi connectivity index (χ3v) is 3.41. The highest BCUT2D eigenvalue weighted by molar-refractivity contribution is 6.30. The van der Waals surface area contributed by atoms with Crippen LogP contribution in [-0.4, -0.2) is 5.90 Å². The van der Waals surface area contributed by atoms with Crippen molar-refractivity contribution in [3.63, 3.8) is 0 Å². The highest BCUT2D eigenvalue weighted by Gasteiger charge is 2.01. The molecule has 3 rings (SSSR count). The van der Waals surface area contributed by atoms with E-state index in [-0.39, 0.29) is 0 Å². The molecule has 0 spiro atoms. The first kappa shape index (κ1) is 16.8. The molecule has 0 unspecified atom stereocenters. The van der Waals surface area contributed by atoms with Gasteiger partial charge in [0, 0.05) is 11.1 Å². The minimum absolute atomic E-state index is 0.393. The third kappa shape index (κ3) is 5.52. The van der Waals surface area contributed by atoms with Crippen molar-refractivity contribution in [1.82, 2.24) is 0 Å². The highest BCUT2D eigenvalue weighted by atomic mass is 35.5. The van der Waals surface area contributed by atoms with Gasteiger partial charge >= 0.3 is 0 Å². The topological polar surface area (TPSA) is 30.8 Å². The van der Waals surface area contributed by atoms with E-state index in [4.69, 9.17) is 21.1 Å². The zero-order chi connectivity index (χ0) is 17.3. The van der Waals surface area contributed by atoms with Crippen LogP contribution in [0.2, 0.25) is 5.02 Å². The molecule has 0 bridgehead atoms. The summed E-state index contributed by atoms with van der Waals surface area (Å²) in [6.45, 7) is 0. The fraction of sp³-hybridized carbons (Fsp3) is 0. The van der Waals surface area contributed by atoms with Crippen LogP contribution in [0.25, 0.3) is 0 Å². The number of nitrogens with zero attached hydrogens (tertiary/aromatic N) is 1. The van der Waals surface area contributed by atoms with Crippen molar-refractivity contribution in [2.45, 2.75) is 0 Å². The molecule has 0 saturated heterocycles. The smallest absolute Gasteiger partial charge is 0.222 e. The molecule has 0 heterocycles. The van der Waals surface area contributed by atoms with Gasteiger partial charge in [-0.25, -0.2) is 4.99 Å². The second-order valence-corrected chi connectivity index (χ2v) is 5.52. The summed E-state index contributed by atoms with van der Waals surface area (Å²) >= 11 is 6.02. The average molecular weight is 350 g/mol. The number of rotatable bonds is 5. The van der Waals surface area contributed by atoms with Crippen LogP contribution in [0.3, 0.4) is 0 Å². The first-order valence-electron chi connectivity index (χ1n) is 7.75. The number of ether oxygens (including phenoxy) is 2. The Bertz CT molecular complexity index is 861. The Kier molecular flexibility index (Phi) is 5.86. The molecule has 0 saturated carbocycles. The predicted octanol–water partition coefficient (Wildman–Crippen LogP) is 6.04. The number of benzene rings is 3. The highest BCUT2D eigenvalue weighted by Crippen LogP contribution is 2.19. The Hall–Kier alpha value is -3.04. The third-order valence-electron chi connectivity index (χ3n) is 3.17. The van der Waals surface area contributed by atoms with Crippen molar-refractivity contribution in [3.05, 3.63) is 102 Å². The van der Waals surface area contributed by atoms with Gasteiger partial charge in [0.25, 0.3) is 0 Å². The van der Waals surface area contributed by atoms with Gasteiger partial charge in [0.1, 0.15) is 11.5 Å². The van der Waals surface area contributed by atoms with E-state index in [0.717, 1.165) is 5.75 Å². The van der Waals surface area contributed by atoms with E-state index in [0.29, 0.717) is 22.4 Å². The molecule has 0 radical (unpaired) electrons. The van der Waals surface area contributed by atoms with Gasteiger partial charge in [-0.2, -0.15) is 0 Å². The fourth-order valence-corrected chi connectivity index (χ4v) is 2.23. The standard InChI is InChI=1S/C21H16ClNO2/c22-17-8-7-9-18(16-17)23-21(25-20-12-5-2-6-13-20)14-15-24-19-10-3-1-4-11-19/h1-16H. The van der Waals surface area contributed by atoms with Gasteiger partial charge in [-0.05, 0) is 42.5 Å². The molecule has 0 aliphatic heterocycles. The van der Waals surface area contributed by atoms with Crippen LogP contribution in [0, 0.1) is 0 Å². The van der Waals surface area contributed by atoms with E-state index in [1.54, 1.807) is 24.5 Å². The lowest BCUT2D eigenvalue weighted by Crippen LogP contribution is -2.05. The Labute approximate surface area is 151 Å². The molecule has 3 aromatic carbocycles. The Balaban J connectivity index is 1.81. The van der Waals surface area contributed by atoms with E-state index >= 15 is 0 Å². The Morgan fingerprint density at radius 2 is 1.48 bits per heavy atom. The minimum atomic E-state index is 0.393. The van der Waals surface area contributed by atoms with Crippen molar-refractivity contribution in [3.8, 4) is 11.5 Å². The summed E-state index contributed by atoms with van der Waals surface area (Å²) in [4.78, 5) is 4.49. The summed E-state index contributed by atoms with van der Waals surface area (Å²) < 4.78 is 11.4. The zero-order valence-electron chi connectivity index (χ0n) is 13.4. The van der Waals surface area contributed by atoms with Gasteiger partial charge in [-0.1, -0.05) is 54.1 Å². The van der Waals surface area contributed by atoms with Crippen molar-refractivity contribution >= 4 is 23.2 Å². The van der Waals surface area contributed by atoms with Crippen LogP contribution in [0.1, 0.15) is 0 Å². The van der Waals surface area contributed by atoms with Crippen LogP contribution in [0.15, 0.2) is 102 Å². The molecule has 0 fully saturated rings. The maximum Gasteiger partial charge on any atom is 0.222 e. The Morgan fingerprint density at radius 3 is 2.16 bits per heavy atom. The Morgan fingerprint density at radius 1 is 0.800 bits per heavy atom. The molecular formula is C21H16ClNO2. The maximum atomic E-state index is 6.02. The maximum absolute atomic E-state index is 6.02. The van der Waals surface area contributed by atoms with Crippen LogP contribution < -0.4 is 9.47 Å². The first-order valence-corrected chi connectivity index (χ1v) is 8.13. The number of hydrogen-bond donors (Lipinski definition) is 0. The quantitative estimate of drug-likeness (QED) is 0.319. The van der Waals surface area contributed by atoms with E-state index < -0.39 is 0 Å². The van der Waals surface area contributed by atoms with Crippen LogP contribution in [0.4, 0.5) is 5.69 Å². The van der Waals surface area contributed by atoms with Gasteiger partial charge in [-0.3, -0.25) is 0 Å². The molecule has 3 aromatic rings. The molecule has 0 aromatic heterocycles. The average Bonchev–Trinajstić information content (AvgIpc) is 2.63. The van der Waals surface area contributed by atoms with Crippen LogP contribution >= 0.6 is 11.6 Å². The number of para-hydroxylation sites is 2. The summed E-state index contributed by atoms with van der Waals surface area (Å²) in [5.74, 6) is 1.82. The summed E-state index contributed by atoms with van der Waals surface area (Å²) in [6, 6.07) is 26.2. The summed E-state index contributed by atoms with van der Waals surface area (Å²) in [7, 11) is 0. The normalized spacial score (nSPS) is 11.5. The van der Waals surface area contributed by atoms with Gasteiger partial charge in [0.2, 0.25) is 5.90 Å². The number of halogens is 1. The number of hydrogen-bond acceptors (Lipinski definition) is 3. The van der Waals surface area contributed by atoms with E-state index in [9.17, 15) is 0 Å². The van der Waals surface area contributed by atoms with Crippen molar-refractivity contribution in [2.24, 2.45) is 4.99 Å². The molecule has 0 aliphatic rings. The van der Waals surface area contributed by atoms with Gasteiger partial charge in [0.05, 0.1) is 11.9 Å². The molecule has 0 N–H and O–H groups in total. The zero-order valence-corrected chi connectivity index (χ0v) is 14.1. The molecule has 25 heavy (non-hydrogen) atoms. The lowest BCUT2D eigenvalue weighted by atomic mass is 10.3. The number of aliphatic imine (C=N–C) groups is 1. The van der Waals surface area contributed by atoms with E-state index in [1.165, 1.54) is 0 Å². The largest absolute Gasteiger partial charge is 0.465 e. The lowest BCUT2D eigenvalue weighted by Gasteiger charge is -2.06. The molecule has 0 aliphatic carbocycles. The van der Waals surface area contributed by atoms with Crippen LogP contribution in [-0.2, 0) is 0 Å². The van der Waals surface area contributed by atoms with Crippen LogP contribution in [0.5, 0.6) is 11.5 Å². The predicted molar refractivity (Wildman–Crippen MR) is 102 cm³/mol. The lowest BCUT2D eigenvalue weighted by molar-refractivity contribution is 0.479. The van der Waals surface area contributed by atoms with Gasteiger partial charge < -0.3 is 9.47 Å². The fourth-order valence-electron chi connectivity index (χ4n) is 2.05. The van der Waals surface area contributed by atoms with E-state index in [2.05, 4.69) is 4.99 Å². The molecule has 3 nitrogen and oxygen atoms in total. The molecule has 0 atom stereocenters. The van der Waals surface area contributed by atoms with Crippen molar-refractivity contribution in [1.29, 1.82) is 0 Å².